The van der Waals surface area contributed by atoms with E-state index in [1.54, 1.807) is 12.1 Å². The summed E-state index contributed by atoms with van der Waals surface area (Å²) in [4.78, 5) is 7.47. The first-order valence-corrected chi connectivity index (χ1v) is 13.0. The van der Waals surface area contributed by atoms with E-state index in [2.05, 4.69) is 41.4 Å². The van der Waals surface area contributed by atoms with Gasteiger partial charge in [-0.1, -0.05) is 29.8 Å². The molecule has 7 heteroatoms. The molecule has 0 bridgehead atoms. The molecule has 1 aromatic heterocycles. The van der Waals surface area contributed by atoms with Crippen LogP contribution in [0.25, 0.3) is 10.9 Å². The monoisotopic (exact) mass is 450 g/mol. The molecule has 32 heavy (non-hydrogen) atoms. The van der Waals surface area contributed by atoms with E-state index in [1.807, 2.05) is 12.1 Å². The van der Waals surface area contributed by atoms with E-state index >= 15 is 0 Å². The van der Waals surface area contributed by atoms with Crippen LogP contribution in [0, 0.1) is 6.92 Å². The molecule has 2 aliphatic rings. The molecule has 0 amide bonds. The van der Waals surface area contributed by atoms with Crippen LogP contribution >= 0.6 is 0 Å². The first kappa shape index (κ1) is 21.2. The molecule has 2 heterocycles. The number of rotatable bonds is 3. The fraction of sp³-hybridized carbons (Fsp3) is 0.400. The SMILES string of the molecule is Cc1ccc2nc(N3CCS(=O)(=O)c4ccccc4C3)cc(NC3CCC(N)CC3)c2c1. The third-order valence-electron chi connectivity index (χ3n) is 6.70. The van der Waals surface area contributed by atoms with Crippen molar-refractivity contribution in [2.45, 2.75) is 56.1 Å². The summed E-state index contributed by atoms with van der Waals surface area (Å²) in [5, 5.41) is 4.86. The number of hydrogen-bond donors (Lipinski definition) is 2. The van der Waals surface area contributed by atoms with Crippen LogP contribution in [0.5, 0.6) is 0 Å². The van der Waals surface area contributed by atoms with Crippen molar-refractivity contribution in [3.8, 4) is 0 Å². The summed E-state index contributed by atoms with van der Waals surface area (Å²) < 4.78 is 25.6. The summed E-state index contributed by atoms with van der Waals surface area (Å²) in [5.74, 6) is 0.893. The Hall–Kier alpha value is -2.64. The summed E-state index contributed by atoms with van der Waals surface area (Å²) in [6.07, 6.45) is 4.18. The second kappa shape index (κ2) is 8.37. The quantitative estimate of drug-likeness (QED) is 0.627. The summed E-state index contributed by atoms with van der Waals surface area (Å²) >= 11 is 0. The molecule has 1 saturated carbocycles. The third kappa shape index (κ3) is 4.19. The van der Waals surface area contributed by atoms with Crippen LogP contribution in [0.1, 0.15) is 36.8 Å². The van der Waals surface area contributed by atoms with Crippen LogP contribution in [-0.2, 0) is 16.4 Å². The Bertz CT molecular complexity index is 1250. The van der Waals surface area contributed by atoms with E-state index in [4.69, 9.17) is 10.7 Å². The van der Waals surface area contributed by atoms with Crippen molar-refractivity contribution < 1.29 is 8.42 Å². The standard InChI is InChI=1S/C25H30N4O2S/c1-17-6-11-22-21(14-17)23(27-20-9-7-19(26)8-10-20)15-25(28-22)29-12-13-32(30,31)24-5-3-2-4-18(24)16-29/h2-6,11,14-15,19-20H,7-10,12-13,16,26H2,1H3,(H,27,28). The minimum absolute atomic E-state index is 0.0842. The van der Waals surface area contributed by atoms with Gasteiger partial charge in [-0.2, -0.15) is 0 Å². The van der Waals surface area contributed by atoms with Crippen molar-refractivity contribution in [1.29, 1.82) is 0 Å². The lowest BCUT2D eigenvalue weighted by Crippen LogP contribution is -2.33. The van der Waals surface area contributed by atoms with E-state index < -0.39 is 9.84 Å². The lowest BCUT2D eigenvalue weighted by Gasteiger charge is -2.29. The van der Waals surface area contributed by atoms with Gasteiger partial charge >= 0.3 is 0 Å². The Balaban J connectivity index is 1.54. The predicted octanol–water partition coefficient (Wildman–Crippen LogP) is 4.02. The first-order valence-electron chi connectivity index (χ1n) is 11.4. The highest BCUT2D eigenvalue weighted by Crippen LogP contribution is 2.33. The Morgan fingerprint density at radius 3 is 2.66 bits per heavy atom. The van der Waals surface area contributed by atoms with Gasteiger partial charge in [0.2, 0.25) is 0 Å². The molecule has 0 spiro atoms. The molecule has 0 radical (unpaired) electrons. The molecular weight excluding hydrogens is 420 g/mol. The van der Waals surface area contributed by atoms with Crippen molar-refractivity contribution in [2.24, 2.45) is 5.73 Å². The number of nitrogens with zero attached hydrogens (tertiary/aromatic N) is 2. The van der Waals surface area contributed by atoms with Crippen LogP contribution in [0.15, 0.2) is 53.4 Å². The molecule has 0 saturated heterocycles. The number of benzene rings is 2. The average Bonchev–Trinajstić information content (AvgIpc) is 2.91. The fourth-order valence-corrected chi connectivity index (χ4v) is 6.35. The first-order chi connectivity index (χ1) is 15.4. The molecule has 3 aromatic rings. The minimum atomic E-state index is -3.30. The number of fused-ring (bicyclic) bond motifs is 2. The van der Waals surface area contributed by atoms with Gasteiger partial charge in [0.05, 0.1) is 16.2 Å². The van der Waals surface area contributed by atoms with E-state index in [0.717, 1.165) is 53.7 Å². The Morgan fingerprint density at radius 2 is 1.84 bits per heavy atom. The zero-order valence-electron chi connectivity index (χ0n) is 18.4. The van der Waals surface area contributed by atoms with Gasteiger partial charge in [-0.05, 0) is 56.4 Å². The van der Waals surface area contributed by atoms with Gasteiger partial charge < -0.3 is 16.0 Å². The highest BCUT2D eigenvalue weighted by Gasteiger charge is 2.26. The minimum Gasteiger partial charge on any atom is -0.382 e. The van der Waals surface area contributed by atoms with Crippen LogP contribution in [-0.4, -0.2) is 37.8 Å². The summed E-state index contributed by atoms with van der Waals surface area (Å²) in [6.45, 7) is 3.03. The van der Waals surface area contributed by atoms with Gasteiger partial charge in [-0.25, -0.2) is 13.4 Å². The maximum absolute atomic E-state index is 12.8. The van der Waals surface area contributed by atoms with Crippen LogP contribution in [0.2, 0.25) is 0 Å². The maximum Gasteiger partial charge on any atom is 0.180 e. The number of nitrogens with one attached hydrogen (secondary N) is 1. The number of sulfone groups is 1. The lowest BCUT2D eigenvalue weighted by atomic mass is 9.91. The van der Waals surface area contributed by atoms with Crippen molar-refractivity contribution in [3.05, 3.63) is 59.7 Å². The maximum atomic E-state index is 12.8. The highest BCUT2D eigenvalue weighted by atomic mass is 32.2. The van der Waals surface area contributed by atoms with Gasteiger partial charge in [0, 0.05) is 42.3 Å². The van der Waals surface area contributed by atoms with Gasteiger partial charge in [0.1, 0.15) is 5.82 Å². The molecule has 1 aliphatic carbocycles. The van der Waals surface area contributed by atoms with E-state index in [1.165, 1.54) is 5.56 Å². The summed E-state index contributed by atoms with van der Waals surface area (Å²) in [7, 11) is -3.30. The van der Waals surface area contributed by atoms with E-state index in [9.17, 15) is 8.42 Å². The van der Waals surface area contributed by atoms with Gasteiger partial charge in [0.15, 0.2) is 9.84 Å². The fourth-order valence-electron chi connectivity index (χ4n) is 4.85. The molecular formula is C25H30N4O2S. The number of pyridine rings is 1. The molecule has 5 rings (SSSR count). The van der Waals surface area contributed by atoms with Gasteiger partial charge in [-0.15, -0.1) is 0 Å². The van der Waals surface area contributed by atoms with Crippen molar-refractivity contribution >= 4 is 32.2 Å². The second-order valence-corrected chi connectivity index (χ2v) is 11.2. The molecule has 0 atom stereocenters. The summed E-state index contributed by atoms with van der Waals surface area (Å²) in [5.41, 5.74) is 10.1. The molecule has 168 valence electrons. The van der Waals surface area contributed by atoms with Crippen LogP contribution in [0.3, 0.4) is 0 Å². The zero-order valence-corrected chi connectivity index (χ0v) is 19.2. The molecule has 1 fully saturated rings. The van der Waals surface area contributed by atoms with Crippen LogP contribution < -0.4 is 16.0 Å². The van der Waals surface area contributed by atoms with Crippen molar-refractivity contribution in [1.82, 2.24) is 4.98 Å². The van der Waals surface area contributed by atoms with E-state index in [-0.39, 0.29) is 5.75 Å². The molecule has 3 N–H and O–H groups in total. The molecule has 2 aromatic carbocycles. The molecule has 6 nitrogen and oxygen atoms in total. The smallest absolute Gasteiger partial charge is 0.180 e. The zero-order chi connectivity index (χ0) is 22.3. The Labute approximate surface area is 189 Å². The number of aryl methyl sites for hydroxylation is 1. The Kier molecular flexibility index (Phi) is 5.55. The third-order valence-corrected chi connectivity index (χ3v) is 8.49. The number of hydrogen-bond acceptors (Lipinski definition) is 6. The summed E-state index contributed by atoms with van der Waals surface area (Å²) in [6, 6.07) is 16.4. The Morgan fingerprint density at radius 1 is 1.06 bits per heavy atom. The van der Waals surface area contributed by atoms with Gasteiger partial charge in [0.25, 0.3) is 0 Å². The molecule has 1 aliphatic heterocycles. The molecule has 0 unspecified atom stereocenters. The number of aromatic nitrogens is 1. The highest BCUT2D eigenvalue weighted by molar-refractivity contribution is 7.91. The number of nitrogens with two attached hydrogens (primary N) is 1. The van der Waals surface area contributed by atoms with E-state index in [0.29, 0.717) is 30.1 Å². The van der Waals surface area contributed by atoms with Gasteiger partial charge in [-0.3, -0.25) is 0 Å². The largest absolute Gasteiger partial charge is 0.382 e. The average molecular weight is 451 g/mol. The second-order valence-electron chi connectivity index (χ2n) is 9.15. The number of anilines is 2. The topological polar surface area (TPSA) is 88.3 Å². The lowest BCUT2D eigenvalue weighted by molar-refractivity contribution is 0.411. The van der Waals surface area contributed by atoms with Crippen molar-refractivity contribution in [2.75, 3.05) is 22.5 Å². The van der Waals surface area contributed by atoms with Crippen LogP contribution in [0.4, 0.5) is 11.5 Å². The predicted molar refractivity (Wildman–Crippen MR) is 130 cm³/mol. The van der Waals surface area contributed by atoms with Crippen molar-refractivity contribution in [3.63, 3.8) is 0 Å². The normalized spacial score (nSPS) is 22.9.